The van der Waals surface area contributed by atoms with Crippen LogP contribution in [0.2, 0.25) is 0 Å². The van der Waals surface area contributed by atoms with Crippen LogP contribution in [0.15, 0.2) is 48.5 Å². The van der Waals surface area contributed by atoms with E-state index >= 15 is 0 Å². The van der Waals surface area contributed by atoms with Gasteiger partial charge in [-0.05, 0) is 42.3 Å². The fourth-order valence-electron chi connectivity index (χ4n) is 2.65. The second-order valence-electron chi connectivity index (χ2n) is 5.13. The molecule has 0 aliphatic carbocycles. The van der Waals surface area contributed by atoms with Gasteiger partial charge in [0.15, 0.2) is 0 Å². The van der Waals surface area contributed by atoms with Crippen molar-refractivity contribution >= 4 is 11.6 Å². The second kappa shape index (κ2) is 5.95. The summed E-state index contributed by atoms with van der Waals surface area (Å²) in [5.41, 5.74) is 3.11. The van der Waals surface area contributed by atoms with Crippen molar-refractivity contribution in [2.24, 2.45) is 0 Å². The lowest BCUT2D eigenvalue weighted by Gasteiger charge is -2.19. The van der Waals surface area contributed by atoms with E-state index < -0.39 is 0 Å². The first-order valence-electron chi connectivity index (χ1n) is 7.10. The largest absolute Gasteiger partial charge is 0.369 e. The Bertz CT molecular complexity index is 639. The maximum atomic E-state index is 12.8. The molecule has 0 atom stereocenters. The number of benzene rings is 2. The van der Waals surface area contributed by atoms with E-state index in [1.807, 2.05) is 6.07 Å². The van der Waals surface area contributed by atoms with Gasteiger partial charge in [-0.3, -0.25) is 4.79 Å². The van der Waals surface area contributed by atoms with Crippen molar-refractivity contribution in [2.45, 2.75) is 6.42 Å². The van der Waals surface area contributed by atoms with Crippen molar-refractivity contribution in [1.82, 2.24) is 5.32 Å². The minimum absolute atomic E-state index is 0.164. The summed E-state index contributed by atoms with van der Waals surface area (Å²) in [6, 6.07) is 13.9. The van der Waals surface area contributed by atoms with E-state index in [0.717, 1.165) is 19.5 Å². The smallest absolute Gasteiger partial charge is 0.251 e. The molecule has 1 aliphatic heterocycles. The van der Waals surface area contributed by atoms with Gasteiger partial charge in [0.25, 0.3) is 5.91 Å². The minimum atomic E-state index is -0.333. The van der Waals surface area contributed by atoms with Crippen molar-refractivity contribution in [3.8, 4) is 0 Å². The van der Waals surface area contributed by atoms with Crippen LogP contribution in [0.25, 0.3) is 0 Å². The van der Waals surface area contributed by atoms with Crippen LogP contribution in [0, 0.1) is 5.82 Å². The normalized spacial score (nSPS) is 13.1. The second-order valence-corrected chi connectivity index (χ2v) is 5.13. The molecule has 21 heavy (non-hydrogen) atoms. The number of amides is 1. The van der Waals surface area contributed by atoms with Crippen LogP contribution in [0.5, 0.6) is 0 Å². The molecule has 1 heterocycles. The Kier molecular flexibility index (Phi) is 3.86. The average Bonchev–Trinajstić information content (AvgIpc) is 2.91. The van der Waals surface area contributed by atoms with E-state index in [1.165, 1.54) is 35.5 Å². The van der Waals surface area contributed by atoms with Crippen molar-refractivity contribution in [3.63, 3.8) is 0 Å². The highest BCUT2D eigenvalue weighted by atomic mass is 19.1. The highest BCUT2D eigenvalue weighted by molar-refractivity contribution is 5.94. The Morgan fingerprint density at radius 2 is 1.90 bits per heavy atom. The molecule has 0 radical (unpaired) electrons. The van der Waals surface area contributed by atoms with Crippen LogP contribution in [-0.4, -0.2) is 25.5 Å². The Hall–Kier alpha value is -2.36. The summed E-state index contributed by atoms with van der Waals surface area (Å²) in [7, 11) is 0. The molecule has 1 aliphatic rings. The fourth-order valence-corrected chi connectivity index (χ4v) is 2.65. The molecule has 108 valence electrons. The highest BCUT2D eigenvalue weighted by Gasteiger charge is 2.17. The topological polar surface area (TPSA) is 32.3 Å². The zero-order valence-electron chi connectivity index (χ0n) is 11.7. The Labute approximate surface area is 123 Å². The van der Waals surface area contributed by atoms with Crippen LogP contribution < -0.4 is 10.2 Å². The highest BCUT2D eigenvalue weighted by Crippen LogP contribution is 2.26. The average molecular weight is 284 g/mol. The van der Waals surface area contributed by atoms with Crippen LogP contribution >= 0.6 is 0 Å². The third-order valence-corrected chi connectivity index (χ3v) is 3.76. The number of rotatable bonds is 4. The monoisotopic (exact) mass is 284 g/mol. The van der Waals surface area contributed by atoms with E-state index in [-0.39, 0.29) is 11.7 Å². The summed E-state index contributed by atoms with van der Waals surface area (Å²) in [5, 5.41) is 2.87. The van der Waals surface area contributed by atoms with E-state index in [2.05, 4.69) is 28.4 Å². The van der Waals surface area contributed by atoms with Crippen molar-refractivity contribution in [3.05, 3.63) is 65.5 Å². The number of para-hydroxylation sites is 1. The Morgan fingerprint density at radius 1 is 1.14 bits per heavy atom. The summed E-state index contributed by atoms with van der Waals surface area (Å²) in [4.78, 5) is 14.2. The number of nitrogens with one attached hydrogen (secondary N) is 1. The van der Waals surface area contributed by atoms with Gasteiger partial charge in [-0.15, -0.1) is 0 Å². The van der Waals surface area contributed by atoms with Crippen LogP contribution in [0.4, 0.5) is 10.1 Å². The van der Waals surface area contributed by atoms with Crippen LogP contribution in [-0.2, 0) is 6.42 Å². The molecular weight excluding hydrogens is 267 g/mol. The van der Waals surface area contributed by atoms with E-state index in [1.54, 1.807) is 0 Å². The lowest BCUT2D eigenvalue weighted by molar-refractivity contribution is 0.0954. The Balaban J connectivity index is 1.53. The zero-order valence-corrected chi connectivity index (χ0v) is 11.7. The molecule has 2 aromatic carbocycles. The molecule has 2 aromatic rings. The zero-order chi connectivity index (χ0) is 14.7. The van der Waals surface area contributed by atoms with Crippen molar-refractivity contribution in [2.75, 3.05) is 24.5 Å². The fraction of sp³-hybridized carbons (Fsp3) is 0.235. The maximum absolute atomic E-state index is 12.8. The first-order chi connectivity index (χ1) is 10.2. The van der Waals surface area contributed by atoms with Gasteiger partial charge in [0, 0.05) is 30.9 Å². The number of carbonyl (C=O) groups excluding carboxylic acids is 1. The Morgan fingerprint density at radius 3 is 2.71 bits per heavy atom. The number of hydrogen-bond donors (Lipinski definition) is 1. The van der Waals surface area contributed by atoms with Crippen molar-refractivity contribution in [1.29, 1.82) is 0 Å². The first-order valence-corrected chi connectivity index (χ1v) is 7.10. The van der Waals surface area contributed by atoms with E-state index in [9.17, 15) is 9.18 Å². The minimum Gasteiger partial charge on any atom is -0.369 e. The molecule has 0 spiro atoms. The molecule has 3 nitrogen and oxygen atoms in total. The van der Waals surface area contributed by atoms with Gasteiger partial charge in [-0.25, -0.2) is 4.39 Å². The number of hydrogen-bond acceptors (Lipinski definition) is 2. The number of halogens is 1. The van der Waals surface area contributed by atoms with Crippen LogP contribution in [0.3, 0.4) is 0 Å². The lowest BCUT2D eigenvalue weighted by atomic mass is 10.2. The molecule has 1 amide bonds. The number of carbonyl (C=O) groups is 1. The number of anilines is 1. The van der Waals surface area contributed by atoms with Gasteiger partial charge < -0.3 is 10.2 Å². The predicted molar refractivity (Wildman–Crippen MR) is 81.1 cm³/mol. The molecular formula is C17H17FN2O. The van der Waals surface area contributed by atoms with Gasteiger partial charge in [0.2, 0.25) is 0 Å². The molecule has 0 bridgehead atoms. The molecule has 0 aromatic heterocycles. The van der Waals surface area contributed by atoms with Gasteiger partial charge in [0.1, 0.15) is 5.82 Å². The summed E-state index contributed by atoms with van der Waals surface area (Å²) < 4.78 is 12.8. The van der Waals surface area contributed by atoms with E-state index in [4.69, 9.17) is 0 Å². The van der Waals surface area contributed by atoms with Gasteiger partial charge in [-0.2, -0.15) is 0 Å². The molecule has 3 rings (SSSR count). The standard InChI is InChI=1S/C17H17FN2O/c18-15-7-5-14(6-8-15)17(21)19-10-12-20-11-9-13-3-1-2-4-16(13)20/h1-8H,9-12H2,(H,19,21). The maximum Gasteiger partial charge on any atom is 0.251 e. The molecule has 4 heteroatoms. The predicted octanol–water partition coefficient (Wildman–Crippen LogP) is 2.62. The van der Waals surface area contributed by atoms with Gasteiger partial charge in [0.05, 0.1) is 0 Å². The summed E-state index contributed by atoms with van der Waals surface area (Å²) in [6.45, 7) is 2.35. The lowest BCUT2D eigenvalue weighted by Crippen LogP contribution is -2.34. The third kappa shape index (κ3) is 3.05. The molecule has 0 saturated carbocycles. The van der Waals surface area contributed by atoms with Crippen LogP contribution in [0.1, 0.15) is 15.9 Å². The third-order valence-electron chi connectivity index (χ3n) is 3.76. The van der Waals surface area contributed by atoms with Gasteiger partial charge in [-0.1, -0.05) is 18.2 Å². The molecule has 0 fully saturated rings. The first kappa shape index (κ1) is 13.6. The number of nitrogens with zero attached hydrogens (tertiary/aromatic N) is 1. The summed E-state index contributed by atoms with van der Waals surface area (Å²) >= 11 is 0. The quantitative estimate of drug-likeness (QED) is 0.936. The molecule has 0 unspecified atom stereocenters. The number of fused-ring (bicyclic) bond motifs is 1. The molecule has 0 saturated heterocycles. The van der Waals surface area contributed by atoms with E-state index in [0.29, 0.717) is 12.1 Å². The summed E-state index contributed by atoms with van der Waals surface area (Å²) in [6.07, 6.45) is 1.06. The summed E-state index contributed by atoms with van der Waals surface area (Å²) in [5.74, 6) is -0.497. The molecule has 1 N–H and O–H groups in total. The van der Waals surface area contributed by atoms with Gasteiger partial charge >= 0.3 is 0 Å². The van der Waals surface area contributed by atoms with Crippen molar-refractivity contribution < 1.29 is 9.18 Å². The SMILES string of the molecule is O=C(NCCN1CCc2ccccc21)c1ccc(F)cc1.